The van der Waals surface area contributed by atoms with Crippen LogP contribution in [-0.2, 0) is 25.6 Å². The van der Waals surface area contributed by atoms with Crippen LogP contribution >= 0.6 is 0 Å². The van der Waals surface area contributed by atoms with Crippen molar-refractivity contribution in [1.29, 1.82) is 0 Å². The average Bonchev–Trinajstić information content (AvgIpc) is 3.80. The Labute approximate surface area is 310 Å². The quantitative estimate of drug-likeness (QED) is 0.243. The SMILES string of the molecule is COc1ccc(-c2ccc(C(=O)N[C@@H]3C[C@H]4C(=O)N[C@H](C(C)C)CC[C@@H](C)CC(=O)N[C@@H](Cc5ccc(O)cc5)C(=O)NCCCC(=O)N4C3)o2)cc1. The van der Waals surface area contributed by atoms with E-state index in [9.17, 15) is 29.1 Å². The topological polar surface area (TPSA) is 179 Å². The maximum absolute atomic E-state index is 13.9. The van der Waals surface area contributed by atoms with Crippen molar-refractivity contribution in [2.24, 2.45) is 11.8 Å². The molecule has 5 N–H and O–H groups in total. The molecule has 13 nitrogen and oxygen atoms in total. The van der Waals surface area contributed by atoms with Crippen LogP contribution in [0.2, 0.25) is 0 Å². The highest BCUT2D eigenvalue weighted by molar-refractivity contribution is 5.93. The van der Waals surface area contributed by atoms with Crippen molar-refractivity contribution in [1.82, 2.24) is 26.2 Å². The van der Waals surface area contributed by atoms with E-state index in [1.165, 1.54) is 17.0 Å². The molecule has 2 saturated heterocycles. The number of aromatic hydroxyl groups is 1. The second-order valence-corrected chi connectivity index (χ2v) is 14.5. The molecule has 1 aromatic heterocycles. The van der Waals surface area contributed by atoms with Crippen molar-refractivity contribution in [3.63, 3.8) is 0 Å². The van der Waals surface area contributed by atoms with Gasteiger partial charge in [-0.25, -0.2) is 0 Å². The summed E-state index contributed by atoms with van der Waals surface area (Å²) in [7, 11) is 1.58. The molecule has 0 saturated carbocycles. The molecule has 2 fully saturated rings. The number of rotatable bonds is 7. The standard InChI is InChI=1S/C40H51N5O8/c1-24(2)31-16-7-25(3)20-36(47)43-32(21-26-8-12-29(46)13-9-26)38(49)41-19-5-6-37(48)45-23-28(22-33(45)39(50)44-31)42-40(51)35-18-17-34(53-35)27-10-14-30(52-4)15-11-27/h8-15,17-18,24-25,28,31-33,46H,5-7,16,19-23H2,1-4H3,(H,41,49)(H,42,51)(H,43,47)(H,44,50)/t25-,28-,31+,32+,33+/m1/s1. The number of phenols is 1. The normalized spacial score (nSPS) is 23.6. The minimum Gasteiger partial charge on any atom is -0.508 e. The summed E-state index contributed by atoms with van der Waals surface area (Å²) in [6.45, 7) is 6.33. The average molecular weight is 730 g/mol. The maximum atomic E-state index is 13.9. The van der Waals surface area contributed by atoms with Crippen molar-refractivity contribution in [2.75, 3.05) is 20.2 Å². The molecular weight excluding hydrogens is 678 g/mol. The van der Waals surface area contributed by atoms with Crippen molar-refractivity contribution < 1.29 is 38.2 Å². The first-order valence-corrected chi connectivity index (χ1v) is 18.4. The van der Waals surface area contributed by atoms with Crippen LogP contribution in [0.3, 0.4) is 0 Å². The molecule has 3 aromatic rings. The number of ether oxygens (including phenoxy) is 1. The summed E-state index contributed by atoms with van der Waals surface area (Å²) in [5, 5.41) is 21.6. The molecule has 3 heterocycles. The fourth-order valence-electron chi connectivity index (χ4n) is 6.87. The van der Waals surface area contributed by atoms with Gasteiger partial charge < -0.3 is 40.4 Å². The van der Waals surface area contributed by atoms with Crippen LogP contribution in [0.15, 0.2) is 65.1 Å². The van der Waals surface area contributed by atoms with Crippen LogP contribution in [0.5, 0.6) is 11.5 Å². The zero-order valence-corrected chi connectivity index (χ0v) is 30.9. The van der Waals surface area contributed by atoms with E-state index in [1.54, 1.807) is 43.5 Å². The molecule has 13 heteroatoms. The third kappa shape index (κ3) is 10.6. The molecule has 2 aromatic carbocycles. The molecule has 0 aliphatic carbocycles. The maximum Gasteiger partial charge on any atom is 0.287 e. The van der Waals surface area contributed by atoms with E-state index >= 15 is 0 Å². The zero-order chi connectivity index (χ0) is 38.1. The largest absolute Gasteiger partial charge is 0.508 e. The molecule has 2 aliphatic rings. The lowest BCUT2D eigenvalue weighted by Gasteiger charge is -2.29. The van der Waals surface area contributed by atoms with Gasteiger partial charge in [0.15, 0.2) is 5.76 Å². The summed E-state index contributed by atoms with van der Waals surface area (Å²) in [6, 6.07) is 14.7. The first kappa shape index (κ1) is 38.9. The van der Waals surface area contributed by atoms with E-state index in [-0.39, 0.29) is 91.8 Å². The second kappa shape index (κ2) is 17.9. The highest BCUT2D eigenvalue weighted by Gasteiger charge is 2.41. The van der Waals surface area contributed by atoms with Crippen LogP contribution in [0, 0.1) is 11.8 Å². The van der Waals surface area contributed by atoms with Crippen LogP contribution in [-0.4, -0.2) is 83.9 Å². The lowest BCUT2D eigenvalue weighted by Crippen LogP contribution is -2.50. The van der Waals surface area contributed by atoms with Crippen LogP contribution < -0.4 is 26.0 Å². The van der Waals surface area contributed by atoms with Gasteiger partial charge >= 0.3 is 0 Å². The number of furan rings is 1. The Morgan fingerprint density at radius 1 is 0.981 bits per heavy atom. The summed E-state index contributed by atoms with van der Waals surface area (Å²) in [6.07, 6.45) is 2.31. The number of carbonyl (C=O) groups excluding carboxylic acids is 5. The smallest absolute Gasteiger partial charge is 0.287 e. The fraction of sp³-hybridized carbons (Fsp3) is 0.475. The zero-order valence-electron chi connectivity index (χ0n) is 30.9. The monoisotopic (exact) mass is 729 g/mol. The molecular formula is C40H51N5O8. The van der Waals surface area contributed by atoms with E-state index in [0.29, 0.717) is 30.8 Å². The molecule has 0 spiro atoms. The number of amides is 5. The van der Waals surface area contributed by atoms with E-state index in [0.717, 1.165) is 11.1 Å². The fourth-order valence-corrected chi connectivity index (χ4v) is 6.87. The van der Waals surface area contributed by atoms with Gasteiger partial charge in [0, 0.05) is 50.0 Å². The molecule has 0 radical (unpaired) electrons. The van der Waals surface area contributed by atoms with Crippen molar-refractivity contribution in [3.05, 3.63) is 72.0 Å². The number of hydrogen-bond acceptors (Lipinski definition) is 8. The van der Waals surface area contributed by atoms with Gasteiger partial charge in [0.25, 0.3) is 5.91 Å². The molecule has 5 amide bonds. The van der Waals surface area contributed by atoms with Crippen LogP contribution in [0.25, 0.3) is 11.3 Å². The minimum absolute atomic E-state index is 0.0274. The van der Waals surface area contributed by atoms with Crippen molar-refractivity contribution >= 4 is 29.5 Å². The first-order valence-electron chi connectivity index (χ1n) is 18.4. The second-order valence-electron chi connectivity index (χ2n) is 14.5. The van der Waals surface area contributed by atoms with E-state index in [1.807, 2.05) is 32.9 Å². The Morgan fingerprint density at radius 2 is 1.72 bits per heavy atom. The lowest BCUT2D eigenvalue weighted by molar-refractivity contribution is -0.139. The summed E-state index contributed by atoms with van der Waals surface area (Å²) in [5.74, 6) is -0.133. The molecule has 53 heavy (non-hydrogen) atoms. The highest BCUT2D eigenvalue weighted by atomic mass is 16.5. The molecule has 5 atom stereocenters. The van der Waals surface area contributed by atoms with E-state index in [2.05, 4.69) is 21.3 Å². The molecule has 284 valence electrons. The Hall–Kier alpha value is -5.33. The number of fused-ring (bicyclic) bond motifs is 1. The number of benzene rings is 2. The van der Waals surface area contributed by atoms with Crippen LogP contribution in [0.4, 0.5) is 0 Å². The van der Waals surface area contributed by atoms with Gasteiger partial charge in [-0.3, -0.25) is 24.0 Å². The van der Waals surface area contributed by atoms with Gasteiger partial charge in [0.1, 0.15) is 29.3 Å². The predicted octanol–water partition coefficient (Wildman–Crippen LogP) is 3.94. The molecule has 5 rings (SSSR count). The van der Waals surface area contributed by atoms with Gasteiger partial charge in [0.05, 0.1) is 7.11 Å². The summed E-state index contributed by atoms with van der Waals surface area (Å²) in [5.41, 5.74) is 1.55. The number of nitrogens with one attached hydrogen (secondary N) is 4. The number of carbonyl (C=O) groups is 5. The third-order valence-electron chi connectivity index (χ3n) is 9.99. The van der Waals surface area contributed by atoms with Gasteiger partial charge in [-0.15, -0.1) is 0 Å². The van der Waals surface area contributed by atoms with Gasteiger partial charge in [-0.2, -0.15) is 0 Å². The summed E-state index contributed by atoms with van der Waals surface area (Å²) >= 11 is 0. The Balaban J connectivity index is 1.29. The summed E-state index contributed by atoms with van der Waals surface area (Å²) in [4.78, 5) is 68.8. The first-order chi connectivity index (χ1) is 25.4. The predicted molar refractivity (Wildman–Crippen MR) is 198 cm³/mol. The third-order valence-corrected chi connectivity index (χ3v) is 9.99. The van der Waals surface area contributed by atoms with Gasteiger partial charge in [-0.1, -0.05) is 32.9 Å². The number of methoxy groups -OCH3 is 1. The minimum atomic E-state index is -0.842. The molecule has 0 bridgehead atoms. The van der Waals surface area contributed by atoms with Gasteiger partial charge in [0.2, 0.25) is 23.6 Å². The summed E-state index contributed by atoms with van der Waals surface area (Å²) < 4.78 is 11.1. The van der Waals surface area contributed by atoms with Gasteiger partial charge in [-0.05, 0) is 91.6 Å². The Kier molecular flexibility index (Phi) is 13.2. The van der Waals surface area contributed by atoms with Crippen LogP contribution in [0.1, 0.15) is 75.4 Å². The molecule has 2 aliphatic heterocycles. The molecule has 0 unspecified atom stereocenters. The number of nitrogens with zero attached hydrogens (tertiary/aromatic N) is 1. The van der Waals surface area contributed by atoms with E-state index in [4.69, 9.17) is 9.15 Å². The Bertz CT molecular complexity index is 1740. The Morgan fingerprint density at radius 3 is 2.42 bits per heavy atom. The van der Waals surface area contributed by atoms with Crippen molar-refractivity contribution in [2.45, 2.75) is 89.9 Å². The highest BCUT2D eigenvalue weighted by Crippen LogP contribution is 2.26. The number of hydrogen-bond donors (Lipinski definition) is 5. The number of phenolic OH excluding ortho intramolecular Hbond substituents is 1. The van der Waals surface area contributed by atoms with E-state index < -0.39 is 24.0 Å². The van der Waals surface area contributed by atoms with Crippen molar-refractivity contribution in [3.8, 4) is 22.8 Å². The lowest BCUT2D eigenvalue weighted by atomic mass is 9.92.